The Morgan fingerprint density at radius 1 is 1.00 bits per heavy atom. The quantitative estimate of drug-likeness (QED) is 0.799. The third-order valence-electron chi connectivity index (χ3n) is 5.81. The van der Waals surface area contributed by atoms with Gasteiger partial charge in [-0.25, -0.2) is 0 Å². The molecule has 1 saturated heterocycles. The minimum atomic E-state index is -0.541. The third kappa shape index (κ3) is 3.39. The standard InChI is InChI=1S/C23H22N2O4/c26-19-4-2-16-13-17(1-3-18(16)19)23-21(15-5-7-24-8-6-15)22(27)20(29-23)14-25-9-11-28-12-10-25/h1,3,5-8,13,20H,2,4,9-12,14H2. The van der Waals surface area contributed by atoms with Crippen molar-refractivity contribution < 1.29 is 19.1 Å². The maximum Gasteiger partial charge on any atom is 0.208 e. The number of hydrogen-bond donors (Lipinski definition) is 0. The van der Waals surface area contributed by atoms with Crippen molar-refractivity contribution in [1.29, 1.82) is 0 Å². The van der Waals surface area contributed by atoms with Crippen LogP contribution in [0.2, 0.25) is 0 Å². The first-order valence-electron chi connectivity index (χ1n) is 10.0. The Bertz CT molecular complexity index is 993. The summed E-state index contributed by atoms with van der Waals surface area (Å²) in [5.74, 6) is 0.777. The first kappa shape index (κ1) is 18.2. The molecule has 1 aromatic heterocycles. The second kappa shape index (κ2) is 7.54. The molecule has 6 nitrogen and oxygen atoms in total. The van der Waals surface area contributed by atoms with E-state index in [9.17, 15) is 9.59 Å². The molecule has 6 heteroatoms. The van der Waals surface area contributed by atoms with Gasteiger partial charge in [-0.05, 0) is 35.7 Å². The number of hydrogen-bond acceptors (Lipinski definition) is 6. The largest absolute Gasteiger partial charge is 0.479 e. The number of aryl methyl sites for hydroxylation is 1. The van der Waals surface area contributed by atoms with E-state index < -0.39 is 6.10 Å². The number of benzene rings is 1. The molecule has 1 aliphatic carbocycles. The van der Waals surface area contributed by atoms with E-state index in [0.717, 1.165) is 41.8 Å². The fourth-order valence-corrected chi connectivity index (χ4v) is 4.27. The van der Waals surface area contributed by atoms with Gasteiger partial charge < -0.3 is 9.47 Å². The molecule has 1 fully saturated rings. The maximum absolute atomic E-state index is 13.3. The van der Waals surface area contributed by atoms with Crippen molar-refractivity contribution >= 4 is 22.9 Å². The Morgan fingerprint density at radius 3 is 2.59 bits per heavy atom. The molecule has 3 heterocycles. The number of nitrogens with zero attached hydrogens (tertiary/aromatic N) is 2. The van der Waals surface area contributed by atoms with Crippen LogP contribution < -0.4 is 0 Å². The number of rotatable bonds is 4. The zero-order valence-corrected chi connectivity index (χ0v) is 16.1. The first-order chi connectivity index (χ1) is 14.2. The van der Waals surface area contributed by atoms with Gasteiger partial charge in [0.1, 0.15) is 5.76 Å². The van der Waals surface area contributed by atoms with Crippen molar-refractivity contribution in [1.82, 2.24) is 9.88 Å². The van der Waals surface area contributed by atoms with Crippen molar-refractivity contribution in [3.8, 4) is 0 Å². The molecule has 1 aromatic carbocycles. The molecule has 5 rings (SSSR count). The highest BCUT2D eigenvalue weighted by atomic mass is 16.5. The SMILES string of the molecule is O=C1CCc2cc(C3=C(c4ccncc4)C(=O)C(CN4CCOCC4)O3)ccc21. The van der Waals surface area contributed by atoms with E-state index in [1.807, 2.05) is 30.3 Å². The van der Waals surface area contributed by atoms with Crippen molar-refractivity contribution in [2.24, 2.45) is 0 Å². The lowest BCUT2D eigenvalue weighted by molar-refractivity contribution is -0.120. The van der Waals surface area contributed by atoms with Gasteiger partial charge in [-0.1, -0.05) is 12.1 Å². The summed E-state index contributed by atoms with van der Waals surface area (Å²) in [7, 11) is 0. The van der Waals surface area contributed by atoms with Crippen molar-refractivity contribution in [2.75, 3.05) is 32.8 Å². The topological polar surface area (TPSA) is 68.7 Å². The molecule has 3 aliphatic rings. The highest BCUT2D eigenvalue weighted by molar-refractivity contribution is 6.31. The summed E-state index contributed by atoms with van der Waals surface area (Å²) >= 11 is 0. The van der Waals surface area contributed by atoms with Crippen LogP contribution in [0.4, 0.5) is 0 Å². The number of fused-ring (bicyclic) bond motifs is 1. The summed E-state index contributed by atoms with van der Waals surface area (Å²) in [6.45, 7) is 3.50. The summed E-state index contributed by atoms with van der Waals surface area (Å²) < 4.78 is 11.7. The van der Waals surface area contributed by atoms with E-state index in [1.54, 1.807) is 12.4 Å². The molecule has 0 amide bonds. The van der Waals surface area contributed by atoms with Crippen LogP contribution in [-0.2, 0) is 20.7 Å². The molecular weight excluding hydrogens is 368 g/mol. The third-order valence-corrected chi connectivity index (χ3v) is 5.81. The summed E-state index contributed by atoms with van der Waals surface area (Å²) in [5.41, 5.74) is 4.06. The maximum atomic E-state index is 13.3. The van der Waals surface area contributed by atoms with E-state index >= 15 is 0 Å². The van der Waals surface area contributed by atoms with Crippen LogP contribution in [0.5, 0.6) is 0 Å². The summed E-state index contributed by atoms with van der Waals surface area (Å²) in [6, 6.07) is 9.43. The molecule has 1 atom stereocenters. The van der Waals surface area contributed by atoms with Crippen molar-refractivity contribution in [2.45, 2.75) is 18.9 Å². The van der Waals surface area contributed by atoms with E-state index in [-0.39, 0.29) is 11.6 Å². The molecule has 148 valence electrons. The lowest BCUT2D eigenvalue weighted by atomic mass is 9.96. The van der Waals surface area contributed by atoms with Gasteiger partial charge in [-0.15, -0.1) is 0 Å². The number of aromatic nitrogens is 1. The molecule has 0 radical (unpaired) electrons. The fourth-order valence-electron chi connectivity index (χ4n) is 4.27. The Balaban J connectivity index is 1.51. The van der Waals surface area contributed by atoms with Gasteiger partial charge in [0.15, 0.2) is 11.9 Å². The van der Waals surface area contributed by atoms with Crippen LogP contribution in [0, 0.1) is 0 Å². The van der Waals surface area contributed by atoms with Crippen molar-refractivity contribution in [3.05, 3.63) is 65.0 Å². The lowest BCUT2D eigenvalue weighted by Gasteiger charge is -2.28. The smallest absolute Gasteiger partial charge is 0.208 e. The number of carbonyl (C=O) groups excluding carboxylic acids is 2. The normalized spacial score (nSPS) is 22.1. The van der Waals surface area contributed by atoms with E-state index in [1.165, 1.54) is 0 Å². The van der Waals surface area contributed by atoms with Gasteiger partial charge in [-0.3, -0.25) is 19.5 Å². The summed E-state index contributed by atoms with van der Waals surface area (Å²) in [4.78, 5) is 31.6. The van der Waals surface area contributed by atoms with Crippen molar-refractivity contribution in [3.63, 3.8) is 0 Å². The van der Waals surface area contributed by atoms with Gasteiger partial charge in [0.05, 0.1) is 18.8 Å². The number of carbonyl (C=O) groups is 2. The molecule has 0 spiro atoms. The van der Waals surface area contributed by atoms with E-state index in [4.69, 9.17) is 9.47 Å². The average molecular weight is 390 g/mol. The van der Waals surface area contributed by atoms with Crippen LogP contribution >= 0.6 is 0 Å². The van der Waals surface area contributed by atoms with Crippen LogP contribution in [0.25, 0.3) is 11.3 Å². The number of ketones is 2. The highest BCUT2D eigenvalue weighted by Crippen LogP contribution is 2.38. The first-order valence-corrected chi connectivity index (χ1v) is 10.0. The van der Waals surface area contributed by atoms with Gasteiger partial charge in [-0.2, -0.15) is 0 Å². The zero-order chi connectivity index (χ0) is 19.8. The van der Waals surface area contributed by atoms with Gasteiger partial charge in [0.2, 0.25) is 5.78 Å². The second-order valence-electron chi connectivity index (χ2n) is 7.62. The molecule has 0 saturated carbocycles. The Hall–Kier alpha value is -2.83. The highest BCUT2D eigenvalue weighted by Gasteiger charge is 2.38. The second-order valence-corrected chi connectivity index (χ2v) is 7.62. The number of morpholine rings is 1. The summed E-state index contributed by atoms with van der Waals surface area (Å²) in [5, 5.41) is 0. The number of Topliss-reactive ketones (excluding diaryl/α,β-unsaturated/α-hetero) is 2. The molecule has 0 N–H and O–H groups in total. The zero-order valence-electron chi connectivity index (χ0n) is 16.1. The predicted molar refractivity (Wildman–Crippen MR) is 107 cm³/mol. The lowest BCUT2D eigenvalue weighted by Crippen LogP contribution is -2.42. The van der Waals surface area contributed by atoms with Crippen LogP contribution in [0.3, 0.4) is 0 Å². The molecule has 1 unspecified atom stereocenters. The molecule has 2 aromatic rings. The number of ether oxygens (including phenoxy) is 2. The van der Waals surface area contributed by atoms with Crippen LogP contribution in [0.1, 0.15) is 33.5 Å². The summed E-state index contributed by atoms with van der Waals surface area (Å²) in [6.07, 6.45) is 4.12. The molecular formula is C23H22N2O4. The monoisotopic (exact) mass is 390 g/mol. The van der Waals surface area contributed by atoms with Crippen LogP contribution in [-0.4, -0.2) is 60.4 Å². The minimum Gasteiger partial charge on any atom is -0.479 e. The predicted octanol–water partition coefficient (Wildman–Crippen LogP) is 2.38. The Labute approximate surface area is 169 Å². The molecule has 0 bridgehead atoms. The average Bonchev–Trinajstić information content (AvgIpc) is 3.29. The van der Waals surface area contributed by atoms with Gasteiger partial charge in [0.25, 0.3) is 0 Å². The Morgan fingerprint density at radius 2 is 1.79 bits per heavy atom. The molecule has 29 heavy (non-hydrogen) atoms. The number of pyridine rings is 1. The van der Waals surface area contributed by atoms with Gasteiger partial charge in [0, 0.05) is 49.6 Å². The van der Waals surface area contributed by atoms with Gasteiger partial charge >= 0.3 is 0 Å². The molecule has 2 aliphatic heterocycles. The Kier molecular flexibility index (Phi) is 4.73. The van der Waals surface area contributed by atoms with E-state index in [0.29, 0.717) is 37.5 Å². The van der Waals surface area contributed by atoms with E-state index in [2.05, 4.69) is 9.88 Å². The van der Waals surface area contributed by atoms with Crippen LogP contribution in [0.15, 0.2) is 42.7 Å². The fraction of sp³-hybridized carbons (Fsp3) is 0.348. The minimum absolute atomic E-state index is 0.00531.